The molecule has 26 heavy (non-hydrogen) atoms. The topological polar surface area (TPSA) is 44.6 Å². The van der Waals surface area contributed by atoms with Gasteiger partial charge in [-0.2, -0.15) is 0 Å². The van der Waals surface area contributed by atoms with Crippen LogP contribution in [-0.4, -0.2) is 17.5 Å². The smallest absolute Gasteiger partial charge is 0.191 e. The molecular weight excluding hydrogens is 320 g/mol. The summed E-state index contributed by atoms with van der Waals surface area (Å²) in [5, 5.41) is 14.2. The zero-order valence-corrected chi connectivity index (χ0v) is 16.2. The molecule has 3 heteroatoms. The highest BCUT2D eigenvalue weighted by Gasteiger charge is 2.38. The van der Waals surface area contributed by atoms with E-state index in [1.165, 1.54) is 38.9 Å². The van der Waals surface area contributed by atoms with E-state index >= 15 is 0 Å². The molecule has 3 nitrogen and oxygen atoms in total. The number of nitrogens with zero attached hydrogens (tertiary/aromatic N) is 1. The van der Waals surface area contributed by atoms with Crippen LogP contribution in [-0.2, 0) is 6.42 Å². The largest absolute Gasteiger partial charge is 0.496 e. The molecule has 0 bridgehead atoms. The van der Waals surface area contributed by atoms with E-state index in [2.05, 4.69) is 62.3 Å². The number of aliphatic hydroxyl groups excluding tert-OH is 1. The highest BCUT2D eigenvalue weighted by atomic mass is 16.3. The summed E-state index contributed by atoms with van der Waals surface area (Å²) in [6, 6.07) is 9.02. The molecule has 0 radical (unpaired) electrons. The van der Waals surface area contributed by atoms with E-state index in [-0.39, 0.29) is 12.0 Å². The predicted molar refractivity (Wildman–Crippen MR) is 109 cm³/mol. The monoisotopic (exact) mass is 348 g/mol. The van der Waals surface area contributed by atoms with Crippen molar-refractivity contribution in [3.8, 4) is 11.1 Å². The van der Waals surface area contributed by atoms with Gasteiger partial charge >= 0.3 is 0 Å². The molecule has 0 saturated carbocycles. The highest BCUT2D eigenvalue weighted by Crippen LogP contribution is 2.48. The first-order chi connectivity index (χ1) is 12.5. The van der Waals surface area contributed by atoms with Crippen LogP contribution in [0.2, 0.25) is 0 Å². The number of nitrogens with one attached hydrogen (secondary N) is 1. The first-order valence-electron chi connectivity index (χ1n) is 9.76. The quantitative estimate of drug-likeness (QED) is 0.754. The average molecular weight is 348 g/mol. The molecule has 2 heterocycles. The van der Waals surface area contributed by atoms with Crippen LogP contribution in [0.3, 0.4) is 0 Å². The number of fused-ring (bicyclic) bond motifs is 3. The fourth-order valence-corrected chi connectivity index (χ4v) is 4.82. The predicted octanol–water partition coefficient (Wildman–Crippen LogP) is 5.48. The van der Waals surface area contributed by atoms with Crippen LogP contribution < -0.4 is 5.32 Å². The first-order valence-corrected chi connectivity index (χ1v) is 9.76. The molecule has 0 aliphatic carbocycles. The van der Waals surface area contributed by atoms with E-state index in [9.17, 15) is 5.11 Å². The number of hydrogen-bond acceptors (Lipinski definition) is 2. The second kappa shape index (κ2) is 6.55. The Morgan fingerprint density at radius 2 is 1.85 bits per heavy atom. The van der Waals surface area contributed by atoms with Gasteiger partial charge in [-0.25, -0.2) is 4.99 Å². The molecule has 2 aromatic rings. The van der Waals surface area contributed by atoms with Crippen molar-refractivity contribution in [3.05, 3.63) is 52.1 Å². The zero-order valence-electron chi connectivity index (χ0n) is 16.2. The van der Waals surface area contributed by atoms with E-state index in [1.54, 1.807) is 0 Å². The van der Waals surface area contributed by atoms with Crippen LogP contribution in [0.1, 0.15) is 53.6 Å². The first kappa shape index (κ1) is 17.3. The Kier molecular flexibility index (Phi) is 4.36. The summed E-state index contributed by atoms with van der Waals surface area (Å²) in [4.78, 5) is 4.68. The highest BCUT2D eigenvalue weighted by molar-refractivity contribution is 5.88. The lowest BCUT2D eigenvalue weighted by atomic mass is 9.77. The van der Waals surface area contributed by atoms with Crippen molar-refractivity contribution >= 4 is 11.6 Å². The lowest BCUT2D eigenvalue weighted by Crippen LogP contribution is -2.40. The van der Waals surface area contributed by atoms with Gasteiger partial charge < -0.3 is 10.4 Å². The van der Waals surface area contributed by atoms with Gasteiger partial charge in [-0.15, -0.1) is 0 Å². The molecule has 2 atom stereocenters. The van der Waals surface area contributed by atoms with Crippen molar-refractivity contribution in [2.75, 3.05) is 6.54 Å². The molecule has 2 aliphatic rings. The van der Waals surface area contributed by atoms with E-state index in [0.29, 0.717) is 5.90 Å². The van der Waals surface area contributed by atoms with E-state index in [0.717, 1.165) is 31.5 Å². The van der Waals surface area contributed by atoms with Gasteiger partial charge in [0, 0.05) is 6.04 Å². The minimum atomic E-state index is 0.104. The third kappa shape index (κ3) is 2.57. The number of rotatable bonds is 2. The third-order valence-electron chi connectivity index (χ3n) is 6.17. The van der Waals surface area contributed by atoms with Crippen LogP contribution in [0.25, 0.3) is 11.1 Å². The van der Waals surface area contributed by atoms with Crippen molar-refractivity contribution in [3.63, 3.8) is 0 Å². The van der Waals surface area contributed by atoms with Gasteiger partial charge in [-0.1, -0.05) is 36.8 Å². The van der Waals surface area contributed by atoms with Gasteiger partial charge in [0.05, 0.1) is 11.6 Å². The Labute approximate surface area is 156 Å². The van der Waals surface area contributed by atoms with Crippen LogP contribution >= 0.6 is 0 Å². The Bertz CT molecular complexity index is 880. The number of aryl methyl sites for hydroxylation is 1. The lowest BCUT2D eigenvalue weighted by molar-refractivity contribution is 0.311. The second-order valence-electron chi connectivity index (χ2n) is 7.74. The van der Waals surface area contributed by atoms with Gasteiger partial charge in [-0.05, 0) is 80.0 Å². The van der Waals surface area contributed by atoms with Crippen molar-refractivity contribution < 1.29 is 5.11 Å². The van der Waals surface area contributed by atoms with E-state index in [1.807, 2.05) is 0 Å². The number of hydrogen-bond donors (Lipinski definition) is 2. The maximum atomic E-state index is 10.6. The summed E-state index contributed by atoms with van der Waals surface area (Å²) in [7, 11) is 0. The summed E-state index contributed by atoms with van der Waals surface area (Å²) >= 11 is 0. The van der Waals surface area contributed by atoms with Gasteiger partial charge in [0.15, 0.2) is 5.90 Å². The van der Waals surface area contributed by atoms with Crippen LogP contribution in [0.4, 0.5) is 5.69 Å². The van der Waals surface area contributed by atoms with Gasteiger partial charge in [0.2, 0.25) is 0 Å². The van der Waals surface area contributed by atoms with Gasteiger partial charge in [-0.3, -0.25) is 0 Å². The second-order valence-corrected chi connectivity index (χ2v) is 7.74. The van der Waals surface area contributed by atoms with Crippen molar-refractivity contribution in [1.29, 1.82) is 0 Å². The minimum Gasteiger partial charge on any atom is -0.496 e. The van der Waals surface area contributed by atoms with Crippen molar-refractivity contribution in [1.82, 2.24) is 5.32 Å². The Balaban J connectivity index is 2.01. The van der Waals surface area contributed by atoms with Crippen molar-refractivity contribution in [2.24, 2.45) is 10.9 Å². The van der Waals surface area contributed by atoms with Crippen molar-refractivity contribution in [2.45, 2.75) is 53.0 Å². The average Bonchev–Trinajstić information content (AvgIpc) is 2.65. The summed E-state index contributed by atoms with van der Waals surface area (Å²) in [6.45, 7) is 9.73. The van der Waals surface area contributed by atoms with Crippen LogP contribution in [0.5, 0.6) is 0 Å². The summed E-state index contributed by atoms with van der Waals surface area (Å²) in [6.07, 6.45) is 3.05. The fourth-order valence-electron chi connectivity index (χ4n) is 4.82. The number of aliphatic imine (C=N–C) groups is 1. The molecule has 0 spiro atoms. The normalized spacial score (nSPS) is 21.8. The maximum Gasteiger partial charge on any atom is 0.191 e. The Morgan fingerprint density at radius 3 is 2.54 bits per heavy atom. The molecule has 136 valence electrons. The van der Waals surface area contributed by atoms with Gasteiger partial charge in [0.25, 0.3) is 0 Å². The summed E-state index contributed by atoms with van der Waals surface area (Å²) in [5.74, 6) is 0.412. The standard InChI is InChI=1S/C23H28N2O/c1-5-17-14(3)21-20(22-18(23(26)25-21)7-6-12-24-22)15(4)19(17)16-10-8-13(2)9-11-16/h8-11,18,22,24H,5-7,12H2,1-4H3,(H,25,26). The zero-order chi connectivity index (χ0) is 18.4. The molecule has 2 N–H and O–H groups in total. The Morgan fingerprint density at radius 1 is 1.12 bits per heavy atom. The molecule has 2 aliphatic heterocycles. The lowest BCUT2D eigenvalue weighted by Gasteiger charge is -2.38. The van der Waals surface area contributed by atoms with E-state index in [4.69, 9.17) is 0 Å². The molecule has 0 amide bonds. The van der Waals surface area contributed by atoms with Crippen LogP contribution in [0.15, 0.2) is 29.3 Å². The summed E-state index contributed by atoms with van der Waals surface area (Å²) < 4.78 is 0. The van der Waals surface area contributed by atoms with Gasteiger partial charge in [0.1, 0.15) is 0 Å². The maximum absolute atomic E-state index is 10.6. The SMILES string of the molecule is CCc1c(C)c2c(c(C)c1-c1ccc(C)cc1)C1NCCCC1C(O)=N2. The Hall–Kier alpha value is -2.13. The molecular formula is C23H28N2O. The fraction of sp³-hybridized carbons (Fsp3) is 0.435. The molecule has 0 aromatic heterocycles. The molecule has 1 saturated heterocycles. The van der Waals surface area contributed by atoms with Crippen LogP contribution in [0, 0.1) is 26.7 Å². The molecule has 1 fully saturated rings. The molecule has 2 aromatic carbocycles. The molecule has 2 unspecified atom stereocenters. The summed E-state index contributed by atoms with van der Waals surface area (Å²) in [5.41, 5.74) is 10.1. The number of benzene rings is 2. The third-order valence-corrected chi connectivity index (χ3v) is 6.17. The molecule has 4 rings (SSSR count). The minimum absolute atomic E-state index is 0.104. The number of piperidine rings is 1. The number of aliphatic hydroxyl groups is 1. The van der Waals surface area contributed by atoms with E-state index < -0.39 is 0 Å².